The van der Waals surface area contributed by atoms with Crippen molar-refractivity contribution in [2.75, 3.05) is 12.9 Å². The van der Waals surface area contributed by atoms with Crippen molar-refractivity contribution in [3.05, 3.63) is 59.7 Å². The molecule has 0 aliphatic heterocycles. The molecule has 0 bridgehead atoms. The predicted molar refractivity (Wildman–Crippen MR) is 107 cm³/mol. The highest BCUT2D eigenvalue weighted by atomic mass is 32.2. The van der Waals surface area contributed by atoms with E-state index in [0.29, 0.717) is 6.54 Å². The van der Waals surface area contributed by atoms with Crippen molar-refractivity contribution in [2.24, 2.45) is 0 Å². The SMILES string of the molecule is COc1ccc(CNC(=O)CCS(=O)(=O)c2ccc(C(C)(C)C)cc2)cc1. The van der Waals surface area contributed by atoms with Crippen LogP contribution in [0.1, 0.15) is 38.3 Å². The molecular weight excluding hydrogens is 362 g/mol. The van der Waals surface area contributed by atoms with Crippen LogP contribution in [0.15, 0.2) is 53.4 Å². The molecule has 0 unspecified atom stereocenters. The highest BCUT2D eigenvalue weighted by Gasteiger charge is 2.19. The molecule has 0 aliphatic carbocycles. The summed E-state index contributed by atoms with van der Waals surface area (Å²) < 4.78 is 30.0. The van der Waals surface area contributed by atoms with Crippen LogP contribution < -0.4 is 10.1 Å². The smallest absolute Gasteiger partial charge is 0.221 e. The van der Waals surface area contributed by atoms with Crippen LogP contribution in [0.5, 0.6) is 5.75 Å². The first-order valence-electron chi connectivity index (χ1n) is 8.85. The van der Waals surface area contributed by atoms with Crippen molar-refractivity contribution in [1.29, 1.82) is 0 Å². The number of hydrogen-bond acceptors (Lipinski definition) is 4. The second kappa shape index (κ2) is 8.57. The van der Waals surface area contributed by atoms with Gasteiger partial charge in [-0.1, -0.05) is 45.0 Å². The number of sulfone groups is 1. The van der Waals surface area contributed by atoms with Crippen LogP contribution in [-0.2, 0) is 26.6 Å². The molecule has 0 saturated carbocycles. The van der Waals surface area contributed by atoms with E-state index >= 15 is 0 Å². The summed E-state index contributed by atoms with van der Waals surface area (Å²) >= 11 is 0. The molecule has 5 nitrogen and oxygen atoms in total. The van der Waals surface area contributed by atoms with Gasteiger partial charge in [0.1, 0.15) is 5.75 Å². The van der Waals surface area contributed by atoms with Gasteiger partial charge in [-0.3, -0.25) is 4.79 Å². The van der Waals surface area contributed by atoms with E-state index < -0.39 is 9.84 Å². The Labute approximate surface area is 161 Å². The molecule has 0 spiro atoms. The normalized spacial score (nSPS) is 11.9. The number of rotatable bonds is 7. The first-order chi connectivity index (χ1) is 12.6. The Morgan fingerprint density at radius 3 is 2.11 bits per heavy atom. The summed E-state index contributed by atoms with van der Waals surface area (Å²) in [5.74, 6) is 0.241. The third-order valence-corrected chi connectivity index (χ3v) is 6.06. The fourth-order valence-electron chi connectivity index (χ4n) is 2.54. The minimum absolute atomic E-state index is 0.0381. The number of carbonyl (C=O) groups is 1. The topological polar surface area (TPSA) is 72.5 Å². The molecular formula is C21H27NO4S. The summed E-state index contributed by atoms with van der Waals surface area (Å²) in [4.78, 5) is 12.3. The van der Waals surface area contributed by atoms with Crippen molar-refractivity contribution in [2.45, 2.75) is 44.0 Å². The van der Waals surface area contributed by atoms with E-state index in [-0.39, 0.29) is 28.4 Å². The van der Waals surface area contributed by atoms with Crippen LogP contribution >= 0.6 is 0 Å². The second-order valence-electron chi connectivity index (χ2n) is 7.47. The number of methoxy groups -OCH3 is 1. The molecule has 146 valence electrons. The van der Waals surface area contributed by atoms with E-state index in [0.717, 1.165) is 16.9 Å². The Balaban J connectivity index is 1.89. The first kappa shape index (κ1) is 21.0. The Morgan fingerprint density at radius 2 is 1.59 bits per heavy atom. The third kappa shape index (κ3) is 6.10. The molecule has 2 rings (SSSR count). The van der Waals surface area contributed by atoms with Gasteiger partial charge >= 0.3 is 0 Å². The van der Waals surface area contributed by atoms with Crippen molar-refractivity contribution in [1.82, 2.24) is 5.32 Å². The van der Waals surface area contributed by atoms with Gasteiger partial charge < -0.3 is 10.1 Å². The van der Waals surface area contributed by atoms with E-state index in [1.807, 2.05) is 36.4 Å². The van der Waals surface area contributed by atoms with Crippen LogP contribution in [0.25, 0.3) is 0 Å². The van der Waals surface area contributed by atoms with Gasteiger partial charge in [0.25, 0.3) is 0 Å². The van der Waals surface area contributed by atoms with E-state index in [9.17, 15) is 13.2 Å². The lowest BCUT2D eigenvalue weighted by atomic mass is 9.87. The average molecular weight is 390 g/mol. The Morgan fingerprint density at radius 1 is 1.00 bits per heavy atom. The van der Waals surface area contributed by atoms with Crippen LogP contribution in [0.3, 0.4) is 0 Å². The molecule has 2 aromatic rings. The highest BCUT2D eigenvalue weighted by Crippen LogP contribution is 2.24. The number of carbonyl (C=O) groups excluding carboxylic acids is 1. The molecule has 6 heteroatoms. The fraction of sp³-hybridized carbons (Fsp3) is 0.381. The van der Waals surface area contributed by atoms with Gasteiger partial charge in [0.15, 0.2) is 9.84 Å². The van der Waals surface area contributed by atoms with E-state index in [4.69, 9.17) is 4.74 Å². The molecule has 0 heterocycles. The van der Waals surface area contributed by atoms with Gasteiger partial charge in [-0.15, -0.1) is 0 Å². The molecule has 0 fully saturated rings. The highest BCUT2D eigenvalue weighted by molar-refractivity contribution is 7.91. The van der Waals surface area contributed by atoms with Crippen molar-refractivity contribution < 1.29 is 17.9 Å². The van der Waals surface area contributed by atoms with E-state index in [1.54, 1.807) is 19.2 Å². The van der Waals surface area contributed by atoms with Gasteiger partial charge in [0.05, 0.1) is 17.8 Å². The monoisotopic (exact) mass is 389 g/mol. The lowest BCUT2D eigenvalue weighted by Crippen LogP contribution is -2.25. The van der Waals surface area contributed by atoms with Gasteiger partial charge in [-0.25, -0.2) is 8.42 Å². The molecule has 27 heavy (non-hydrogen) atoms. The summed E-state index contributed by atoms with van der Waals surface area (Å²) in [6, 6.07) is 14.2. The second-order valence-corrected chi connectivity index (χ2v) is 9.58. The number of hydrogen-bond donors (Lipinski definition) is 1. The van der Waals surface area contributed by atoms with Crippen LogP contribution in [0.2, 0.25) is 0 Å². The maximum Gasteiger partial charge on any atom is 0.221 e. The lowest BCUT2D eigenvalue weighted by Gasteiger charge is -2.19. The summed E-state index contributed by atoms with van der Waals surface area (Å²) in [6.07, 6.45) is -0.0699. The van der Waals surface area contributed by atoms with Crippen LogP contribution in [0, 0.1) is 0 Å². The molecule has 0 radical (unpaired) electrons. The molecule has 2 aromatic carbocycles. The summed E-state index contributed by atoms with van der Waals surface area (Å²) in [5, 5.41) is 2.75. The van der Waals surface area contributed by atoms with Gasteiger partial charge in [0.2, 0.25) is 5.91 Å². The number of ether oxygens (including phenoxy) is 1. The van der Waals surface area contributed by atoms with Crippen LogP contribution in [-0.4, -0.2) is 27.2 Å². The number of amides is 1. The van der Waals surface area contributed by atoms with E-state index in [1.165, 1.54) is 0 Å². The minimum Gasteiger partial charge on any atom is -0.497 e. The standard InChI is InChI=1S/C21H27NO4S/c1-21(2,3)17-7-11-19(12-8-17)27(24,25)14-13-20(23)22-15-16-5-9-18(26-4)10-6-16/h5-12H,13-15H2,1-4H3,(H,22,23). The molecule has 0 atom stereocenters. The fourth-order valence-corrected chi connectivity index (χ4v) is 3.78. The molecule has 0 aliphatic rings. The Hall–Kier alpha value is -2.34. The zero-order valence-corrected chi connectivity index (χ0v) is 17.1. The van der Waals surface area contributed by atoms with Gasteiger partial charge in [-0.2, -0.15) is 0 Å². The van der Waals surface area contributed by atoms with Crippen molar-refractivity contribution >= 4 is 15.7 Å². The molecule has 1 N–H and O–H groups in total. The Bertz CT molecular complexity index is 864. The quantitative estimate of drug-likeness (QED) is 0.787. The van der Waals surface area contributed by atoms with Crippen molar-refractivity contribution in [3.63, 3.8) is 0 Å². The van der Waals surface area contributed by atoms with Crippen LogP contribution in [0.4, 0.5) is 0 Å². The molecule has 0 aromatic heterocycles. The maximum absolute atomic E-state index is 12.4. The first-order valence-corrected chi connectivity index (χ1v) is 10.5. The molecule has 0 saturated heterocycles. The van der Waals surface area contributed by atoms with Gasteiger partial charge in [0, 0.05) is 13.0 Å². The summed E-state index contributed by atoms with van der Waals surface area (Å²) in [7, 11) is -1.90. The maximum atomic E-state index is 12.4. The summed E-state index contributed by atoms with van der Waals surface area (Å²) in [5.41, 5.74) is 1.95. The summed E-state index contributed by atoms with van der Waals surface area (Å²) in [6.45, 7) is 6.57. The van der Waals surface area contributed by atoms with Crippen molar-refractivity contribution in [3.8, 4) is 5.75 Å². The average Bonchev–Trinajstić information content (AvgIpc) is 2.64. The zero-order chi connectivity index (χ0) is 20.1. The number of benzene rings is 2. The predicted octanol–water partition coefficient (Wildman–Crippen LogP) is 3.47. The molecule has 1 amide bonds. The number of nitrogens with one attached hydrogen (secondary N) is 1. The zero-order valence-electron chi connectivity index (χ0n) is 16.3. The lowest BCUT2D eigenvalue weighted by molar-refractivity contribution is -0.120. The van der Waals surface area contributed by atoms with E-state index in [2.05, 4.69) is 26.1 Å². The largest absolute Gasteiger partial charge is 0.497 e. The minimum atomic E-state index is -3.49. The third-order valence-electron chi connectivity index (χ3n) is 4.33. The Kier molecular flexibility index (Phi) is 6.65. The van der Waals surface area contributed by atoms with Gasteiger partial charge in [-0.05, 0) is 40.8 Å².